The zero-order valence-corrected chi connectivity index (χ0v) is 38.5. The zero-order valence-electron chi connectivity index (χ0n) is 37.6. The van der Waals surface area contributed by atoms with Crippen molar-refractivity contribution in [1.82, 2.24) is 29.0 Å². The van der Waals surface area contributed by atoms with Gasteiger partial charge in [-0.25, -0.2) is 22.5 Å². The first-order valence-corrected chi connectivity index (χ1v) is 24.0. The summed E-state index contributed by atoms with van der Waals surface area (Å²) in [5, 5.41) is 12.4. The lowest BCUT2D eigenvalue weighted by molar-refractivity contribution is -0.129. The number of amides is 3. The number of aromatic nitrogens is 2. The summed E-state index contributed by atoms with van der Waals surface area (Å²) >= 11 is 1.14. The Morgan fingerprint density at radius 1 is 0.971 bits per heavy atom. The molecule has 3 saturated heterocycles. The van der Waals surface area contributed by atoms with Crippen LogP contribution in [0.2, 0.25) is 0 Å². The molecular formula is C50H52F3N9O5S. The van der Waals surface area contributed by atoms with Crippen molar-refractivity contribution in [1.29, 1.82) is 5.26 Å². The minimum absolute atomic E-state index is 0.00473. The van der Waals surface area contributed by atoms with E-state index >= 15 is 8.78 Å². The molecule has 5 aromatic rings. The third kappa shape index (κ3) is 9.65. The molecule has 5 heterocycles. The van der Waals surface area contributed by atoms with E-state index in [4.69, 9.17) is 4.74 Å². The van der Waals surface area contributed by atoms with E-state index in [9.17, 15) is 28.8 Å². The topological polar surface area (TPSA) is 156 Å². The van der Waals surface area contributed by atoms with Crippen LogP contribution in [0.4, 0.5) is 24.5 Å². The molecule has 3 amide bonds. The van der Waals surface area contributed by atoms with Crippen molar-refractivity contribution in [3.05, 3.63) is 117 Å². The van der Waals surface area contributed by atoms with Crippen molar-refractivity contribution < 1.29 is 32.3 Å². The van der Waals surface area contributed by atoms with Gasteiger partial charge in [-0.05, 0) is 130 Å². The Kier molecular flexibility index (Phi) is 14.0. The van der Waals surface area contributed by atoms with Gasteiger partial charge in [-0.15, -0.1) is 0 Å². The molecule has 0 radical (unpaired) electrons. The number of nitriles is 1. The Bertz CT molecular complexity index is 2810. The highest BCUT2D eigenvalue weighted by Gasteiger charge is 2.39. The van der Waals surface area contributed by atoms with E-state index in [2.05, 4.69) is 24.8 Å². The van der Waals surface area contributed by atoms with Gasteiger partial charge in [0, 0.05) is 61.7 Å². The molecule has 3 fully saturated rings. The molecule has 18 heteroatoms. The molecule has 9 rings (SSSR count). The predicted molar refractivity (Wildman–Crippen MR) is 253 cm³/mol. The summed E-state index contributed by atoms with van der Waals surface area (Å²) in [5.74, 6) is -1.65. The second-order valence-corrected chi connectivity index (χ2v) is 18.9. The molecule has 0 aliphatic carbocycles. The van der Waals surface area contributed by atoms with Gasteiger partial charge in [-0.2, -0.15) is 5.26 Å². The summed E-state index contributed by atoms with van der Waals surface area (Å²) in [6.45, 7) is 7.13. The van der Waals surface area contributed by atoms with Crippen LogP contribution in [0.1, 0.15) is 84.8 Å². The van der Waals surface area contributed by atoms with Crippen molar-refractivity contribution in [3.63, 3.8) is 0 Å². The Morgan fingerprint density at radius 2 is 1.74 bits per heavy atom. The minimum Gasteiger partial charge on any atom is -0.453 e. The van der Waals surface area contributed by atoms with Crippen LogP contribution in [0.25, 0.3) is 16.6 Å². The number of alkyl halides is 1. The number of imide groups is 1. The van der Waals surface area contributed by atoms with E-state index in [1.54, 1.807) is 28.6 Å². The lowest BCUT2D eigenvalue weighted by Crippen LogP contribution is -2.46. The van der Waals surface area contributed by atoms with Crippen molar-refractivity contribution in [2.24, 2.45) is 5.92 Å². The first-order valence-electron chi connectivity index (χ1n) is 23.2. The second-order valence-electron chi connectivity index (χ2n) is 18.0. The van der Waals surface area contributed by atoms with E-state index in [0.29, 0.717) is 66.2 Å². The molecule has 14 nitrogen and oxygen atoms in total. The van der Waals surface area contributed by atoms with Crippen molar-refractivity contribution in [2.45, 2.75) is 76.5 Å². The van der Waals surface area contributed by atoms with Gasteiger partial charge in [0.05, 0.1) is 28.8 Å². The lowest BCUT2D eigenvalue weighted by atomic mass is 9.86. The number of hydrogen-bond donors (Lipinski definition) is 2. The zero-order chi connectivity index (χ0) is 47.5. The van der Waals surface area contributed by atoms with Gasteiger partial charge in [0.1, 0.15) is 41.7 Å². The predicted octanol–water partition coefficient (Wildman–Crippen LogP) is 7.84. The smallest absolute Gasteiger partial charge is 0.265 e. The summed E-state index contributed by atoms with van der Waals surface area (Å²) < 4.78 is 57.1. The van der Waals surface area contributed by atoms with Crippen LogP contribution in [-0.2, 0) is 16.1 Å². The van der Waals surface area contributed by atoms with Gasteiger partial charge in [0.15, 0.2) is 11.6 Å². The second kappa shape index (κ2) is 20.4. The van der Waals surface area contributed by atoms with E-state index in [1.807, 2.05) is 37.3 Å². The number of ether oxygens (including phenoxy) is 1. The summed E-state index contributed by atoms with van der Waals surface area (Å²) in [7, 11) is 0. The number of anilines is 2. The monoisotopic (exact) mass is 947 g/mol. The summed E-state index contributed by atoms with van der Waals surface area (Å²) in [6.07, 6.45) is 5.93. The van der Waals surface area contributed by atoms with Crippen molar-refractivity contribution in [2.75, 3.05) is 55.4 Å². The average molecular weight is 948 g/mol. The number of halogens is 3. The Hall–Kier alpha value is -6.42. The Balaban J connectivity index is 0.783. The molecule has 0 saturated carbocycles. The quantitative estimate of drug-likeness (QED) is 0.0776. The third-order valence-electron chi connectivity index (χ3n) is 13.7. The van der Waals surface area contributed by atoms with Crippen LogP contribution in [0.5, 0.6) is 11.5 Å². The molecule has 354 valence electrons. The highest BCUT2D eigenvalue weighted by atomic mass is 32.2. The fourth-order valence-corrected chi connectivity index (χ4v) is 10.8. The molecule has 4 aliphatic heterocycles. The largest absolute Gasteiger partial charge is 0.453 e. The van der Waals surface area contributed by atoms with Crippen LogP contribution in [0.3, 0.4) is 0 Å². The third-order valence-corrected chi connectivity index (χ3v) is 14.6. The summed E-state index contributed by atoms with van der Waals surface area (Å²) in [6, 6.07) is 19.6. The van der Waals surface area contributed by atoms with Gasteiger partial charge in [0.2, 0.25) is 12.3 Å². The van der Waals surface area contributed by atoms with Crippen LogP contribution in [0, 0.1) is 28.9 Å². The number of carbonyl (C=O) groups is 3. The number of likely N-dealkylation sites (tertiary alicyclic amines) is 1. The van der Waals surface area contributed by atoms with E-state index in [-0.39, 0.29) is 64.3 Å². The average Bonchev–Trinajstić information content (AvgIpc) is 3.93. The van der Waals surface area contributed by atoms with Crippen molar-refractivity contribution in [3.8, 4) is 23.3 Å². The normalized spacial score (nSPS) is 18.7. The standard InChI is InChI=1S/C50H52F3N9O5S/c1-2-3-45(48(64)56-30-63)61-28-41-38(49(61)65)10-9-37(46(41)53)32-16-19-58(20-17-32)26-31-14-21-59(22-15-31)34-4-6-35(7-5-34)62-29-55-43-12-8-36(24-39(43)50(62)66)67-47-40(25-54)44(13-11-42(47)52)57-68-60-23-18-33(51)27-60/h4-13,24,29-33,45,57H,2-3,14-23,26-28H2,1H3,(H,56,63,64). The first kappa shape index (κ1) is 46.7. The number of piperidine rings is 2. The first-order chi connectivity index (χ1) is 33.0. The highest BCUT2D eigenvalue weighted by Crippen LogP contribution is 2.38. The van der Waals surface area contributed by atoms with E-state index in [0.717, 1.165) is 76.2 Å². The molecule has 2 unspecified atom stereocenters. The Morgan fingerprint density at radius 3 is 2.44 bits per heavy atom. The van der Waals surface area contributed by atoms with Crippen LogP contribution < -0.4 is 25.2 Å². The van der Waals surface area contributed by atoms with Gasteiger partial charge in [0.25, 0.3) is 11.5 Å². The van der Waals surface area contributed by atoms with Gasteiger partial charge in [-0.3, -0.25) is 29.1 Å². The number of carbonyl (C=O) groups excluding carboxylic acids is 3. The number of nitrogens with one attached hydrogen (secondary N) is 2. The lowest BCUT2D eigenvalue weighted by Gasteiger charge is -2.38. The molecule has 68 heavy (non-hydrogen) atoms. The van der Waals surface area contributed by atoms with Crippen LogP contribution in [0.15, 0.2) is 77.9 Å². The molecule has 0 bridgehead atoms. The van der Waals surface area contributed by atoms with E-state index in [1.165, 1.54) is 34.0 Å². The number of hydrogen-bond acceptors (Lipinski definition) is 12. The minimum atomic E-state index is -0.921. The van der Waals surface area contributed by atoms with Gasteiger partial charge < -0.3 is 24.2 Å². The number of rotatable bonds is 15. The summed E-state index contributed by atoms with van der Waals surface area (Å²) in [4.78, 5) is 61.4. The maximum atomic E-state index is 16.1. The molecule has 2 atom stereocenters. The van der Waals surface area contributed by atoms with Crippen molar-refractivity contribution >= 4 is 52.6 Å². The fraction of sp³-hybridized carbons (Fsp3) is 0.400. The number of nitrogens with zero attached hydrogens (tertiary/aromatic N) is 7. The molecule has 2 N–H and O–H groups in total. The van der Waals surface area contributed by atoms with Gasteiger partial charge in [-0.1, -0.05) is 19.4 Å². The van der Waals surface area contributed by atoms with E-state index < -0.39 is 23.9 Å². The molecular weight excluding hydrogens is 896 g/mol. The fourth-order valence-electron chi connectivity index (χ4n) is 10.0. The van der Waals surface area contributed by atoms with Gasteiger partial charge >= 0.3 is 0 Å². The number of benzene rings is 4. The van der Waals surface area contributed by atoms with Crippen LogP contribution >= 0.6 is 12.1 Å². The van der Waals surface area contributed by atoms with Crippen LogP contribution in [-0.4, -0.2) is 99.9 Å². The maximum absolute atomic E-state index is 16.1. The molecule has 4 aromatic carbocycles. The summed E-state index contributed by atoms with van der Waals surface area (Å²) in [5.41, 5.74) is 3.24. The molecule has 4 aliphatic rings. The highest BCUT2D eigenvalue weighted by molar-refractivity contribution is 7.98. The molecule has 1 aromatic heterocycles. The Labute approximate surface area is 396 Å². The maximum Gasteiger partial charge on any atom is 0.265 e. The SMILES string of the molecule is CCCC(C(=O)NC=O)N1Cc2c(ccc(C3CCN(CC4CCN(c5ccc(-n6cnc7ccc(Oc8c(F)ccc(NSN9CCC(F)C9)c8C#N)cc7c6=O)cc5)CC4)CC3)c2F)C1=O. The molecule has 0 spiro atoms. The number of fused-ring (bicyclic) bond motifs is 2.